The standard InChI is InChI=1S/C19H24N2O3S2/c20-26(23,24)13-15-9-7-14(8-10-15)12-21-19(22)18-11-16-5-3-1-2-4-6-17(16)25-18/h7-11H,1-6,12-13H2,(H,21,22)(H2,20,23,24). The Morgan fingerprint density at radius 1 is 1.04 bits per heavy atom. The molecule has 1 aliphatic rings. The van der Waals surface area contributed by atoms with Crippen LogP contribution in [-0.2, 0) is 35.2 Å². The molecule has 0 radical (unpaired) electrons. The molecule has 3 N–H and O–H groups in total. The fraction of sp³-hybridized carbons (Fsp3) is 0.421. The molecule has 0 fully saturated rings. The molecule has 1 heterocycles. The molecule has 140 valence electrons. The summed E-state index contributed by atoms with van der Waals surface area (Å²) in [5.41, 5.74) is 2.90. The predicted octanol–water partition coefficient (Wildman–Crippen LogP) is 3.13. The number of hydrogen-bond donors (Lipinski definition) is 2. The molecule has 1 amide bonds. The first-order valence-electron chi connectivity index (χ1n) is 8.89. The van der Waals surface area contributed by atoms with E-state index >= 15 is 0 Å². The molecule has 0 aliphatic heterocycles. The third kappa shape index (κ3) is 5.40. The summed E-state index contributed by atoms with van der Waals surface area (Å²) in [5.74, 6) is -0.226. The van der Waals surface area contributed by atoms with Gasteiger partial charge >= 0.3 is 0 Å². The van der Waals surface area contributed by atoms with Gasteiger partial charge in [0.05, 0.1) is 10.6 Å². The number of carbonyl (C=O) groups excluding carboxylic acids is 1. The van der Waals surface area contributed by atoms with Gasteiger partial charge in [-0.2, -0.15) is 0 Å². The van der Waals surface area contributed by atoms with Gasteiger partial charge in [0.2, 0.25) is 10.0 Å². The summed E-state index contributed by atoms with van der Waals surface area (Å²) in [4.78, 5) is 14.6. The lowest BCUT2D eigenvalue weighted by Gasteiger charge is -2.07. The number of carbonyl (C=O) groups is 1. The van der Waals surface area contributed by atoms with Crippen LogP contribution < -0.4 is 10.5 Å². The summed E-state index contributed by atoms with van der Waals surface area (Å²) in [6, 6.07) is 9.13. The van der Waals surface area contributed by atoms with Crippen molar-refractivity contribution in [3.63, 3.8) is 0 Å². The van der Waals surface area contributed by atoms with Crippen molar-refractivity contribution in [2.24, 2.45) is 5.14 Å². The van der Waals surface area contributed by atoms with Gasteiger partial charge in [0.15, 0.2) is 0 Å². The van der Waals surface area contributed by atoms with Crippen molar-refractivity contribution >= 4 is 27.3 Å². The highest BCUT2D eigenvalue weighted by molar-refractivity contribution is 7.88. The molecular weight excluding hydrogens is 368 g/mol. The molecule has 2 aromatic rings. The summed E-state index contributed by atoms with van der Waals surface area (Å²) in [6.07, 6.45) is 7.12. The van der Waals surface area contributed by atoms with Crippen LogP contribution in [0.2, 0.25) is 0 Å². The van der Waals surface area contributed by atoms with Crippen molar-refractivity contribution in [2.75, 3.05) is 0 Å². The normalized spacial score (nSPS) is 15.0. The molecule has 3 rings (SSSR count). The summed E-state index contributed by atoms with van der Waals surface area (Å²) in [7, 11) is -3.53. The zero-order chi connectivity index (χ0) is 18.6. The molecule has 1 aliphatic carbocycles. The number of primary sulfonamides is 1. The molecule has 0 bridgehead atoms. The molecule has 0 spiro atoms. The number of nitrogens with two attached hydrogens (primary N) is 1. The van der Waals surface area contributed by atoms with Gasteiger partial charge < -0.3 is 5.32 Å². The van der Waals surface area contributed by atoms with E-state index < -0.39 is 10.0 Å². The van der Waals surface area contributed by atoms with Gasteiger partial charge in [-0.3, -0.25) is 4.79 Å². The van der Waals surface area contributed by atoms with Crippen LogP contribution in [0.1, 0.15) is 56.9 Å². The van der Waals surface area contributed by atoms with Crippen LogP contribution in [0.5, 0.6) is 0 Å². The van der Waals surface area contributed by atoms with Crippen LogP contribution in [0.4, 0.5) is 0 Å². The Morgan fingerprint density at radius 3 is 2.38 bits per heavy atom. The van der Waals surface area contributed by atoms with Crippen LogP contribution >= 0.6 is 11.3 Å². The molecule has 0 atom stereocenters. The first-order chi connectivity index (χ1) is 12.4. The van der Waals surface area contributed by atoms with Crippen molar-refractivity contribution in [1.82, 2.24) is 5.32 Å². The second-order valence-corrected chi connectivity index (χ2v) is 9.53. The minimum Gasteiger partial charge on any atom is -0.347 e. The molecular formula is C19H24N2O3S2. The Bertz CT molecular complexity index is 845. The number of hydrogen-bond acceptors (Lipinski definition) is 4. The smallest absolute Gasteiger partial charge is 0.261 e. The lowest BCUT2D eigenvalue weighted by Crippen LogP contribution is -2.21. The summed E-state index contributed by atoms with van der Waals surface area (Å²) in [5, 5.41) is 8.00. The zero-order valence-corrected chi connectivity index (χ0v) is 16.3. The zero-order valence-electron chi connectivity index (χ0n) is 14.7. The average molecular weight is 393 g/mol. The van der Waals surface area contributed by atoms with Crippen molar-refractivity contribution in [2.45, 2.75) is 50.8 Å². The highest BCUT2D eigenvalue weighted by Crippen LogP contribution is 2.28. The first kappa shape index (κ1) is 19.1. The van der Waals surface area contributed by atoms with Gasteiger partial charge in [0, 0.05) is 11.4 Å². The average Bonchev–Trinajstić information content (AvgIpc) is 2.95. The number of sulfonamides is 1. The fourth-order valence-corrected chi connectivity index (χ4v) is 5.04. The van der Waals surface area contributed by atoms with E-state index in [0.717, 1.165) is 23.3 Å². The highest BCUT2D eigenvalue weighted by Gasteiger charge is 2.15. The molecule has 7 heteroatoms. The molecule has 0 saturated carbocycles. The minimum atomic E-state index is -3.53. The molecule has 1 aromatic heterocycles. The largest absolute Gasteiger partial charge is 0.347 e. The number of fused-ring (bicyclic) bond motifs is 1. The third-order valence-corrected chi connectivity index (χ3v) is 6.54. The molecule has 0 saturated heterocycles. The molecule has 0 unspecified atom stereocenters. The second kappa shape index (κ2) is 8.33. The maximum Gasteiger partial charge on any atom is 0.261 e. The van der Waals surface area contributed by atoms with E-state index in [1.54, 1.807) is 23.5 Å². The van der Waals surface area contributed by atoms with Crippen molar-refractivity contribution < 1.29 is 13.2 Å². The Morgan fingerprint density at radius 2 is 1.69 bits per heavy atom. The van der Waals surface area contributed by atoms with Crippen LogP contribution in [0.25, 0.3) is 0 Å². The van der Waals surface area contributed by atoms with Gasteiger partial charge in [-0.15, -0.1) is 11.3 Å². The van der Waals surface area contributed by atoms with Crippen molar-refractivity contribution in [3.8, 4) is 0 Å². The van der Waals surface area contributed by atoms with Crippen molar-refractivity contribution in [3.05, 3.63) is 56.8 Å². The van der Waals surface area contributed by atoms with E-state index in [9.17, 15) is 13.2 Å². The van der Waals surface area contributed by atoms with Crippen LogP contribution in [0, 0.1) is 0 Å². The second-order valence-electron chi connectivity index (χ2n) is 6.78. The highest BCUT2D eigenvalue weighted by atomic mass is 32.2. The first-order valence-corrected chi connectivity index (χ1v) is 11.4. The number of rotatable bonds is 5. The maximum absolute atomic E-state index is 12.5. The Labute approximate surface area is 158 Å². The van der Waals surface area contributed by atoms with E-state index in [4.69, 9.17) is 5.14 Å². The Hall–Kier alpha value is -1.70. The predicted molar refractivity (Wildman–Crippen MR) is 105 cm³/mol. The Balaban J connectivity index is 1.59. The summed E-state index contributed by atoms with van der Waals surface area (Å²) in [6.45, 7) is 0.414. The van der Waals surface area contributed by atoms with Crippen molar-refractivity contribution in [1.29, 1.82) is 0 Å². The molecule has 1 aromatic carbocycles. The number of nitrogens with one attached hydrogen (secondary N) is 1. The number of thiophene rings is 1. The third-order valence-electron chi connectivity index (χ3n) is 4.56. The van der Waals surface area contributed by atoms with Gasteiger partial charge in [0.25, 0.3) is 5.91 Å². The minimum absolute atomic E-state index is 0.0460. The lowest BCUT2D eigenvalue weighted by molar-refractivity contribution is 0.0955. The van der Waals surface area contributed by atoms with Crippen LogP contribution in [0.15, 0.2) is 30.3 Å². The monoisotopic (exact) mass is 392 g/mol. The van der Waals surface area contributed by atoms with Gasteiger partial charge in [-0.1, -0.05) is 37.1 Å². The topological polar surface area (TPSA) is 89.3 Å². The van der Waals surface area contributed by atoms with Gasteiger partial charge in [0.1, 0.15) is 0 Å². The Kier molecular flexibility index (Phi) is 6.11. The van der Waals surface area contributed by atoms with Crippen LogP contribution in [0.3, 0.4) is 0 Å². The van der Waals surface area contributed by atoms with E-state index in [1.165, 1.54) is 36.1 Å². The number of benzene rings is 1. The van der Waals surface area contributed by atoms with E-state index in [0.29, 0.717) is 12.1 Å². The fourth-order valence-electron chi connectivity index (χ4n) is 3.21. The van der Waals surface area contributed by atoms with E-state index in [2.05, 4.69) is 11.4 Å². The summed E-state index contributed by atoms with van der Waals surface area (Å²) < 4.78 is 22.2. The lowest BCUT2D eigenvalue weighted by atomic mass is 10.00. The number of amides is 1. The van der Waals surface area contributed by atoms with Gasteiger partial charge in [-0.25, -0.2) is 13.6 Å². The quantitative estimate of drug-likeness (QED) is 0.819. The van der Waals surface area contributed by atoms with E-state index in [-0.39, 0.29) is 11.7 Å². The maximum atomic E-state index is 12.5. The van der Waals surface area contributed by atoms with E-state index in [1.807, 2.05) is 12.1 Å². The molecule has 5 nitrogen and oxygen atoms in total. The van der Waals surface area contributed by atoms with Crippen LogP contribution in [-0.4, -0.2) is 14.3 Å². The summed E-state index contributed by atoms with van der Waals surface area (Å²) >= 11 is 1.62. The number of aryl methyl sites for hydroxylation is 2. The SMILES string of the molecule is NS(=O)(=O)Cc1ccc(CNC(=O)c2cc3c(s2)CCCCCC3)cc1. The molecule has 26 heavy (non-hydrogen) atoms. The van der Waals surface area contributed by atoms with Gasteiger partial charge in [-0.05, 0) is 48.4 Å².